The van der Waals surface area contributed by atoms with Gasteiger partial charge in [0.15, 0.2) is 9.84 Å². The molecular weight excluding hydrogens is 342 g/mol. The van der Waals surface area contributed by atoms with E-state index in [0.29, 0.717) is 11.4 Å². The second-order valence-electron chi connectivity index (χ2n) is 4.38. The lowest BCUT2D eigenvalue weighted by Gasteiger charge is -2.09. The summed E-state index contributed by atoms with van der Waals surface area (Å²) in [5.74, 6) is 0.496. The molecule has 106 valence electrons. The van der Waals surface area contributed by atoms with Crippen molar-refractivity contribution in [3.8, 4) is 5.75 Å². The lowest BCUT2D eigenvalue weighted by Crippen LogP contribution is -2.01. The Bertz CT molecular complexity index is 729. The second kappa shape index (κ2) is 5.85. The Morgan fingerprint density at radius 3 is 2.60 bits per heavy atom. The van der Waals surface area contributed by atoms with E-state index in [1.54, 1.807) is 18.2 Å². The number of hydrogen-bond acceptors (Lipinski definition) is 4. The minimum absolute atomic E-state index is 0.235. The number of nitrogens with two attached hydrogens (primary N) is 1. The van der Waals surface area contributed by atoms with Gasteiger partial charge in [0.25, 0.3) is 0 Å². The molecule has 0 radical (unpaired) electrons. The predicted molar refractivity (Wildman–Crippen MR) is 82.4 cm³/mol. The predicted octanol–water partition coefficient (Wildman–Crippen LogP) is 3.01. The van der Waals surface area contributed by atoms with Crippen LogP contribution in [0.5, 0.6) is 5.75 Å². The summed E-state index contributed by atoms with van der Waals surface area (Å²) < 4.78 is 29.4. The molecule has 2 rings (SSSR count). The van der Waals surface area contributed by atoms with E-state index in [4.69, 9.17) is 10.5 Å². The van der Waals surface area contributed by atoms with Gasteiger partial charge in [-0.2, -0.15) is 0 Å². The Morgan fingerprint density at radius 2 is 1.95 bits per heavy atom. The summed E-state index contributed by atoms with van der Waals surface area (Å²) in [6, 6.07) is 11.9. The van der Waals surface area contributed by atoms with Crippen molar-refractivity contribution >= 4 is 31.5 Å². The highest BCUT2D eigenvalue weighted by Crippen LogP contribution is 2.22. The molecule has 0 aliphatic heterocycles. The van der Waals surface area contributed by atoms with Gasteiger partial charge in [-0.3, -0.25) is 0 Å². The quantitative estimate of drug-likeness (QED) is 0.855. The molecule has 2 aromatic rings. The van der Waals surface area contributed by atoms with Crippen molar-refractivity contribution in [1.29, 1.82) is 0 Å². The van der Waals surface area contributed by atoms with E-state index >= 15 is 0 Å². The van der Waals surface area contributed by atoms with Crippen LogP contribution in [-0.4, -0.2) is 14.7 Å². The molecule has 0 atom stereocenters. The van der Waals surface area contributed by atoms with Crippen LogP contribution in [0.3, 0.4) is 0 Å². The molecule has 0 spiro atoms. The maximum Gasteiger partial charge on any atom is 0.175 e. The Kier molecular flexibility index (Phi) is 4.35. The van der Waals surface area contributed by atoms with Crippen LogP contribution in [0.1, 0.15) is 5.56 Å². The molecule has 0 bridgehead atoms. The van der Waals surface area contributed by atoms with E-state index < -0.39 is 9.84 Å². The van der Waals surface area contributed by atoms with Crippen LogP contribution >= 0.6 is 15.9 Å². The summed E-state index contributed by atoms with van der Waals surface area (Å²) in [6.45, 7) is 0.284. The molecule has 0 aromatic heterocycles. The Balaban J connectivity index is 2.15. The number of anilines is 1. The molecule has 0 aliphatic rings. The normalized spacial score (nSPS) is 11.3. The first-order valence-electron chi connectivity index (χ1n) is 5.83. The minimum atomic E-state index is -3.23. The zero-order chi connectivity index (χ0) is 14.8. The first kappa shape index (κ1) is 14.9. The largest absolute Gasteiger partial charge is 0.489 e. The summed E-state index contributed by atoms with van der Waals surface area (Å²) in [5.41, 5.74) is 7.35. The molecule has 20 heavy (non-hydrogen) atoms. The van der Waals surface area contributed by atoms with Crippen LogP contribution in [0.15, 0.2) is 51.8 Å². The Hall–Kier alpha value is -1.53. The number of halogens is 1. The molecule has 0 fully saturated rings. The number of hydrogen-bond donors (Lipinski definition) is 1. The number of sulfone groups is 1. The maximum absolute atomic E-state index is 11.5. The van der Waals surface area contributed by atoms with E-state index in [0.717, 1.165) is 10.0 Å². The van der Waals surface area contributed by atoms with Crippen LogP contribution in [-0.2, 0) is 16.4 Å². The van der Waals surface area contributed by atoms with Gasteiger partial charge in [-0.15, -0.1) is 0 Å². The summed E-state index contributed by atoms with van der Waals surface area (Å²) in [5, 5.41) is 0. The second-order valence-corrected chi connectivity index (χ2v) is 7.31. The van der Waals surface area contributed by atoms with Crippen molar-refractivity contribution in [2.24, 2.45) is 0 Å². The molecular formula is C14H14BrNO3S. The number of nitrogen functional groups attached to an aromatic ring is 1. The van der Waals surface area contributed by atoms with Gasteiger partial charge in [0.05, 0.1) is 4.90 Å². The summed E-state index contributed by atoms with van der Waals surface area (Å²) in [7, 11) is -3.23. The fourth-order valence-electron chi connectivity index (χ4n) is 1.65. The SMILES string of the molecule is CS(=O)(=O)c1cccc(OCc2ccc(Br)cc2N)c1. The smallest absolute Gasteiger partial charge is 0.175 e. The maximum atomic E-state index is 11.5. The Morgan fingerprint density at radius 1 is 1.20 bits per heavy atom. The first-order valence-corrected chi connectivity index (χ1v) is 8.51. The van der Waals surface area contributed by atoms with Crippen LogP contribution in [0, 0.1) is 0 Å². The fraction of sp³-hybridized carbons (Fsp3) is 0.143. The average Bonchev–Trinajstić information content (AvgIpc) is 2.37. The van der Waals surface area contributed by atoms with E-state index in [2.05, 4.69) is 15.9 Å². The average molecular weight is 356 g/mol. The topological polar surface area (TPSA) is 69.4 Å². The molecule has 4 nitrogen and oxygen atoms in total. The van der Waals surface area contributed by atoms with Gasteiger partial charge in [0, 0.05) is 22.0 Å². The molecule has 6 heteroatoms. The van der Waals surface area contributed by atoms with Gasteiger partial charge in [-0.05, 0) is 30.3 Å². The summed E-state index contributed by atoms with van der Waals surface area (Å²) in [4.78, 5) is 0.235. The van der Waals surface area contributed by atoms with Gasteiger partial charge < -0.3 is 10.5 Å². The Labute approximate surface area is 126 Å². The van der Waals surface area contributed by atoms with Crippen LogP contribution < -0.4 is 10.5 Å². The van der Waals surface area contributed by atoms with E-state index in [9.17, 15) is 8.42 Å². The highest BCUT2D eigenvalue weighted by Gasteiger charge is 2.08. The molecule has 0 saturated heterocycles. The number of benzene rings is 2. The van der Waals surface area contributed by atoms with E-state index in [1.165, 1.54) is 18.4 Å². The molecule has 0 amide bonds. The van der Waals surface area contributed by atoms with Crippen LogP contribution in [0.2, 0.25) is 0 Å². The van der Waals surface area contributed by atoms with Crippen molar-refractivity contribution < 1.29 is 13.2 Å². The molecule has 2 N–H and O–H groups in total. The summed E-state index contributed by atoms with van der Waals surface area (Å²) >= 11 is 3.34. The highest BCUT2D eigenvalue weighted by molar-refractivity contribution is 9.10. The third-order valence-corrected chi connectivity index (χ3v) is 4.34. The molecule has 0 aliphatic carbocycles. The monoisotopic (exact) mass is 355 g/mol. The fourth-order valence-corrected chi connectivity index (χ4v) is 2.69. The molecule has 0 heterocycles. The minimum Gasteiger partial charge on any atom is -0.489 e. The lowest BCUT2D eigenvalue weighted by atomic mass is 10.2. The van der Waals surface area contributed by atoms with Crippen LogP contribution in [0.25, 0.3) is 0 Å². The number of ether oxygens (including phenoxy) is 1. The lowest BCUT2D eigenvalue weighted by molar-refractivity contribution is 0.306. The first-order chi connectivity index (χ1) is 9.36. The summed E-state index contributed by atoms with van der Waals surface area (Å²) in [6.07, 6.45) is 1.17. The molecule has 0 saturated carbocycles. The van der Waals surface area contributed by atoms with Crippen molar-refractivity contribution in [2.45, 2.75) is 11.5 Å². The van der Waals surface area contributed by atoms with Crippen molar-refractivity contribution in [1.82, 2.24) is 0 Å². The third kappa shape index (κ3) is 3.74. The number of rotatable bonds is 4. The zero-order valence-electron chi connectivity index (χ0n) is 10.8. The van der Waals surface area contributed by atoms with E-state index in [1.807, 2.05) is 12.1 Å². The van der Waals surface area contributed by atoms with Gasteiger partial charge in [-0.25, -0.2) is 8.42 Å². The highest BCUT2D eigenvalue weighted by atomic mass is 79.9. The van der Waals surface area contributed by atoms with Gasteiger partial charge in [0.2, 0.25) is 0 Å². The van der Waals surface area contributed by atoms with Crippen molar-refractivity contribution in [3.63, 3.8) is 0 Å². The van der Waals surface area contributed by atoms with Crippen molar-refractivity contribution in [3.05, 3.63) is 52.5 Å². The third-order valence-electron chi connectivity index (χ3n) is 2.74. The van der Waals surface area contributed by atoms with E-state index in [-0.39, 0.29) is 11.5 Å². The van der Waals surface area contributed by atoms with Gasteiger partial charge in [0.1, 0.15) is 12.4 Å². The van der Waals surface area contributed by atoms with Crippen molar-refractivity contribution in [2.75, 3.05) is 12.0 Å². The standard InChI is InChI=1S/C14H14BrNO3S/c1-20(17,18)13-4-2-3-12(8-13)19-9-10-5-6-11(15)7-14(10)16/h2-8H,9,16H2,1H3. The molecule has 2 aromatic carbocycles. The molecule has 0 unspecified atom stereocenters. The van der Waals surface area contributed by atoms with Crippen LogP contribution in [0.4, 0.5) is 5.69 Å². The van der Waals surface area contributed by atoms with Gasteiger partial charge >= 0.3 is 0 Å². The van der Waals surface area contributed by atoms with Gasteiger partial charge in [-0.1, -0.05) is 28.1 Å². The zero-order valence-corrected chi connectivity index (χ0v) is 13.2.